The van der Waals surface area contributed by atoms with Crippen molar-refractivity contribution in [2.24, 2.45) is 0 Å². The molecule has 0 bridgehead atoms. The van der Waals surface area contributed by atoms with Gasteiger partial charge in [-0.1, -0.05) is 136 Å². The Kier molecular flexibility index (Phi) is 6.76. The van der Waals surface area contributed by atoms with Crippen LogP contribution in [-0.4, -0.2) is 15.0 Å². The Labute approximate surface area is 192 Å². The van der Waals surface area contributed by atoms with Crippen molar-refractivity contribution in [2.75, 3.05) is 0 Å². The highest BCUT2D eigenvalue weighted by atomic mass is 35.6. The summed E-state index contributed by atoms with van der Waals surface area (Å²) in [6.45, 7) is 0. The van der Waals surface area contributed by atoms with Crippen molar-refractivity contribution in [3.8, 4) is 11.4 Å². The molecule has 0 radical (unpaired) electrons. The Hall–Kier alpha value is -1.07. The van der Waals surface area contributed by atoms with Gasteiger partial charge in [-0.05, 0) is 11.1 Å². The maximum Gasteiger partial charge on any atom is 0.250 e. The monoisotopic (exact) mass is 491 g/mol. The Morgan fingerprint density at radius 1 is 0.571 bits per heavy atom. The highest BCUT2D eigenvalue weighted by Gasteiger charge is 2.33. The van der Waals surface area contributed by atoms with Crippen LogP contribution in [0.25, 0.3) is 23.5 Å². The largest absolute Gasteiger partial charge is 0.250 e. The van der Waals surface area contributed by atoms with E-state index < -0.39 is 7.59 Å². The fourth-order valence-electron chi connectivity index (χ4n) is 2.26. The molecule has 0 spiro atoms. The Morgan fingerprint density at radius 3 is 1.50 bits per heavy atom. The molecule has 0 N–H and O–H groups in total. The molecule has 0 fully saturated rings. The van der Waals surface area contributed by atoms with Gasteiger partial charge in [-0.2, -0.15) is 0 Å². The zero-order valence-electron chi connectivity index (χ0n) is 14.0. The zero-order valence-corrected chi connectivity index (χ0v) is 18.5. The van der Waals surface area contributed by atoms with E-state index >= 15 is 0 Å². The van der Waals surface area contributed by atoms with Gasteiger partial charge in [0.1, 0.15) is 0 Å². The summed E-state index contributed by atoms with van der Waals surface area (Å²) in [6, 6.07) is 17.4. The number of alkyl halides is 6. The number of hydrogen-bond acceptors (Lipinski definition) is 3. The van der Waals surface area contributed by atoms with Crippen LogP contribution in [0.1, 0.15) is 22.8 Å². The van der Waals surface area contributed by atoms with Crippen LogP contribution >= 0.6 is 69.6 Å². The van der Waals surface area contributed by atoms with Crippen molar-refractivity contribution >= 4 is 81.8 Å². The van der Waals surface area contributed by atoms with Crippen LogP contribution in [-0.2, 0) is 7.59 Å². The van der Waals surface area contributed by atoms with Crippen molar-refractivity contribution in [1.82, 2.24) is 15.0 Å². The van der Waals surface area contributed by atoms with Gasteiger partial charge in [-0.25, -0.2) is 15.0 Å². The summed E-state index contributed by atoms with van der Waals surface area (Å²) in [6.07, 6.45) is 4.01. The smallest absolute Gasteiger partial charge is 0.209 e. The molecule has 3 nitrogen and oxygen atoms in total. The van der Waals surface area contributed by atoms with E-state index in [2.05, 4.69) is 15.0 Å². The van der Waals surface area contributed by atoms with Gasteiger partial charge in [-0.15, -0.1) is 0 Å². The quantitative estimate of drug-likeness (QED) is 0.282. The van der Waals surface area contributed by atoms with Crippen molar-refractivity contribution in [3.05, 3.63) is 77.4 Å². The van der Waals surface area contributed by atoms with E-state index in [1.54, 1.807) is 0 Å². The van der Waals surface area contributed by atoms with E-state index in [-0.39, 0.29) is 17.5 Å². The first-order valence-electron chi connectivity index (χ1n) is 7.87. The minimum absolute atomic E-state index is 0.128. The van der Waals surface area contributed by atoms with Gasteiger partial charge in [0.05, 0.1) is 0 Å². The number of aromatic nitrogens is 3. The topological polar surface area (TPSA) is 38.7 Å². The van der Waals surface area contributed by atoms with Gasteiger partial charge in [0.25, 0.3) is 0 Å². The van der Waals surface area contributed by atoms with Crippen LogP contribution in [0.2, 0.25) is 0 Å². The molecule has 0 unspecified atom stereocenters. The zero-order chi connectivity index (χ0) is 20.4. The molecule has 0 amide bonds. The van der Waals surface area contributed by atoms with Crippen LogP contribution in [0.3, 0.4) is 0 Å². The molecule has 3 rings (SSSR count). The van der Waals surface area contributed by atoms with E-state index in [9.17, 15) is 0 Å². The number of rotatable bonds is 3. The van der Waals surface area contributed by atoms with Crippen LogP contribution in [0.5, 0.6) is 0 Å². The molecule has 1 aromatic heterocycles. The third-order valence-electron chi connectivity index (χ3n) is 3.58. The highest BCUT2D eigenvalue weighted by molar-refractivity contribution is 6.67. The minimum Gasteiger partial charge on any atom is -0.209 e. The fraction of sp³-hybridized carbons (Fsp3) is 0.105. The Bertz CT molecular complexity index is 945. The van der Waals surface area contributed by atoms with Crippen LogP contribution in [0.4, 0.5) is 0 Å². The normalized spacial score (nSPS) is 12.5. The molecule has 0 aliphatic rings. The second-order valence-corrected chi connectivity index (χ2v) is 10.2. The number of halogens is 6. The molecule has 0 saturated carbocycles. The average molecular weight is 494 g/mol. The van der Waals surface area contributed by atoms with Gasteiger partial charge in [0.15, 0.2) is 17.5 Å². The molecule has 1 heterocycles. The number of benzene rings is 2. The minimum atomic E-state index is -1.89. The summed E-state index contributed by atoms with van der Waals surface area (Å²) < 4.78 is -3.78. The summed E-state index contributed by atoms with van der Waals surface area (Å²) in [7, 11) is 0. The summed E-state index contributed by atoms with van der Waals surface area (Å²) in [5, 5.41) is 0. The third-order valence-corrected chi connectivity index (χ3v) is 4.59. The Balaban J connectivity index is 1.94. The first-order chi connectivity index (χ1) is 13.1. The van der Waals surface area contributed by atoms with Gasteiger partial charge in [0.2, 0.25) is 7.59 Å². The maximum atomic E-state index is 5.90. The SMILES string of the molecule is ClC(Cl)(Cl)c1nc(-c2ccc(C=Cc3ccccc3)cc2)nc(C(Cl)(Cl)Cl)n1. The summed E-state index contributed by atoms with van der Waals surface area (Å²) >= 11 is 35.4. The van der Waals surface area contributed by atoms with Crippen molar-refractivity contribution in [2.45, 2.75) is 7.59 Å². The highest BCUT2D eigenvalue weighted by Crippen LogP contribution is 2.40. The van der Waals surface area contributed by atoms with E-state index in [0.29, 0.717) is 5.56 Å². The van der Waals surface area contributed by atoms with Gasteiger partial charge < -0.3 is 0 Å². The molecule has 0 atom stereocenters. The van der Waals surface area contributed by atoms with Gasteiger partial charge in [-0.3, -0.25) is 0 Å². The lowest BCUT2D eigenvalue weighted by Crippen LogP contribution is -2.16. The molecule has 0 aliphatic heterocycles. The van der Waals surface area contributed by atoms with Gasteiger partial charge in [0, 0.05) is 5.56 Å². The molecular formula is C19H11Cl6N3. The molecule has 0 aliphatic carbocycles. The summed E-state index contributed by atoms with van der Waals surface area (Å²) in [4.78, 5) is 12.4. The average Bonchev–Trinajstić information content (AvgIpc) is 2.66. The third kappa shape index (κ3) is 5.73. The number of hydrogen-bond donors (Lipinski definition) is 0. The molecule has 9 heteroatoms. The fourth-order valence-corrected chi connectivity index (χ4v) is 2.77. The second-order valence-electron chi connectivity index (χ2n) is 5.67. The van der Waals surface area contributed by atoms with Crippen LogP contribution in [0.15, 0.2) is 54.6 Å². The lowest BCUT2D eigenvalue weighted by Gasteiger charge is -2.15. The molecule has 3 aromatic rings. The molecule has 144 valence electrons. The molecule has 28 heavy (non-hydrogen) atoms. The van der Waals surface area contributed by atoms with E-state index in [1.807, 2.05) is 66.7 Å². The standard InChI is InChI=1S/C19H11Cl6N3/c20-18(21,22)16-26-15(27-17(28-16)19(23,24)25)14-10-8-13(9-11-14)7-6-12-4-2-1-3-5-12/h1-11H. The van der Waals surface area contributed by atoms with E-state index in [4.69, 9.17) is 69.6 Å². The number of nitrogens with zero attached hydrogens (tertiary/aromatic N) is 3. The predicted molar refractivity (Wildman–Crippen MR) is 119 cm³/mol. The van der Waals surface area contributed by atoms with E-state index in [0.717, 1.165) is 11.1 Å². The first kappa shape index (κ1) is 21.6. The second kappa shape index (κ2) is 8.74. The van der Waals surface area contributed by atoms with Crippen molar-refractivity contribution in [3.63, 3.8) is 0 Å². The summed E-state index contributed by atoms with van der Waals surface area (Å²) in [5.74, 6) is -0.0232. The molecule has 2 aromatic carbocycles. The first-order valence-corrected chi connectivity index (χ1v) is 10.1. The lowest BCUT2D eigenvalue weighted by atomic mass is 10.1. The van der Waals surface area contributed by atoms with Gasteiger partial charge >= 0.3 is 0 Å². The van der Waals surface area contributed by atoms with Crippen molar-refractivity contribution < 1.29 is 0 Å². The lowest BCUT2D eigenvalue weighted by molar-refractivity contribution is 0.851. The summed E-state index contributed by atoms with van der Waals surface area (Å²) in [5.41, 5.74) is 2.75. The van der Waals surface area contributed by atoms with E-state index in [1.165, 1.54) is 0 Å². The van der Waals surface area contributed by atoms with Crippen molar-refractivity contribution in [1.29, 1.82) is 0 Å². The maximum absolute atomic E-state index is 5.90. The van der Waals surface area contributed by atoms with Crippen LogP contribution in [0, 0.1) is 0 Å². The predicted octanol–water partition coefficient (Wildman–Crippen LogP) is 7.36. The molecular weight excluding hydrogens is 483 g/mol. The molecule has 0 saturated heterocycles. The van der Waals surface area contributed by atoms with Crippen LogP contribution < -0.4 is 0 Å². The Morgan fingerprint density at radius 2 is 1.04 bits per heavy atom.